The van der Waals surface area contributed by atoms with Crippen LogP contribution in [0.5, 0.6) is 0 Å². The molecule has 0 saturated heterocycles. The summed E-state index contributed by atoms with van der Waals surface area (Å²) in [6.45, 7) is 2.33. The largest absolute Gasteiger partial charge is 0.310 e. The summed E-state index contributed by atoms with van der Waals surface area (Å²) in [5.41, 5.74) is 2.95. The average Bonchev–Trinajstić information content (AvgIpc) is 3.35. The van der Waals surface area contributed by atoms with E-state index >= 15 is 0 Å². The van der Waals surface area contributed by atoms with E-state index in [4.69, 9.17) is 11.6 Å². The van der Waals surface area contributed by atoms with Crippen LogP contribution in [0.1, 0.15) is 41.4 Å². The molecule has 4 nitrogen and oxygen atoms in total. The number of aromatic amines is 1. The molecule has 22 heavy (non-hydrogen) atoms. The lowest BCUT2D eigenvalue weighted by atomic mass is 10.1. The number of nitrogens with zero attached hydrogens (tertiary/aromatic N) is 2. The van der Waals surface area contributed by atoms with Gasteiger partial charge in [-0.2, -0.15) is 0 Å². The van der Waals surface area contributed by atoms with Gasteiger partial charge in [-0.3, -0.25) is 9.69 Å². The Balaban J connectivity index is 1.56. The minimum atomic E-state index is 0.0377. The minimum Gasteiger partial charge on any atom is -0.310 e. The van der Waals surface area contributed by atoms with Crippen molar-refractivity contribution < 1.29 is 0 Å². The Labute approximate surface area is 134 Å². The van der Waals surface area contributed by atoms with Gasteiger partial charge in [0.1, 0.15) is 5.82 Å². The fourth-order valence-electron chi connectivity index (χ4n) is 3.05. The van der Waals surface area contributed by atoms with E-state index in [2.05, 4.69) is 14.9 Å². The summed E-state index contributed by atoms with van der Waals surface area (Å²) in [5, 5.41) is 0.782. The lowest BCUT2D eigenvalue weighted by molar-refractivity contribution is 0.241. The Morgan fingerprint density at radius 2 is 2.14 bits per heavy atom. The number of hydrogen-bond donors (Lipinski definition) is 1. The first-order valence-electron chi connectivity index (χ1n) is 7.78. The van der Waals surface area contributed by atoms with Crippen molar-refractivity contribution in [2.75, 3.05) is 6.54 Å². The molecule has 1 saturated carbocycles. The molecule has 1 aliphatic carbocycles. The highest BCUT2D eigenvalue weighted by Crippen LogP contribution is 2.37. The number of H-pyrrole nitrogens is 1. The Morgan fingerprint density at radius 3 is 2.91 bits per heavy atom. The smallest absolute Gasteiger partial charge is 0.255 e. The molecular weight excluding hydrogens is 298 g/mol. The standard InChI is InChI=1S/C17H18ClN3O/c18-14-4-2-1-3-12(14)9-21-8-7-15-13(10-21)17(22)20-16(19-15)11-5-6-11/h1-4,11H,5-10H2,(H,19,20,22). The van der Waals surface area contributed by atoms with E-state index in [1.165, 1.54) is 0 Å². The van der Waals surface area contributed by atoms with Crippen molar-refractivity contribution in [1.82, 2.24) is 14.9 Å². The van der Waals surface area contributed by atoms with Crippen LogP contribution in [0.15, 0.2) is 29.1 Å². The Morgan fingerprint density at radius 1 is 1.32 bits per heavy atom. The molecule has 1 aromatic heterocycles. The van der Waals surface area contributed by atoms with Gasteiger partial charge < -0.3 is 4.98 Å². The highest BCUT2D eigenvalue weighted by atomic mass is 35.5. The fraction of sp³-hybridized carbons (Fsp3) is 0.412. The Bertz CT molecular complexity index is 767. The summed E-state index contributed by atoms with van der Waals surface area (Å²) in [7, 11) is 0. The molecule has 114 valence electrons. The Kier molecular flexibility index (Phi) is 3.51. The first kappa shape index (κ1) is 14.0. The van der Waals surface area contributed by atoms with Crippen molar-refractivity contribution >= 4 is 11.6 Å². The van der Waals surface area contributed by atoms with Crippen LogP contribution in [-0.4, -0.2) is 21.4 Å². The van der Waals surface area contributed by atoms with Crippen LogP contribution in [0.4, 0.5) is 0 Å². The fourth-order valence-corrected chi connectivity index (χ4v) is 3.25. The van der Waals surface area contributed by atoms with E-state index in [9.17, 15) is 4.79 Å². The van der Waals surface area contributed by atoms with Gasteiger partial charge in [-0.15, -0.1) is 0 Å². The van der Waals surface area contributed by atoms with Gasteiger partial charge in [0.05, 0.1) is 11.3 Å². The van der Waals surface area contributed by atoms with Gasteiger partial charge in [0.25, 0.3) is 5.56 Å². The number of rotatable bonds is 3. The van der Waals surface area contributed by atoms with Crippen molar-refractivity contribution in [3.8, 4) is 0 Å². The quantitative estimate of drug-likeness (QED) is 0.947. The zero-order chi connectivity index (χ0) is 15.1. The number of aromatic nitrogens is 2. The van der Waals surface area contributed by atoms with Crippen molar-refractivity contribution in [1.29, 1.82) is 0 Å². The molecule has 0 amide bonds. The van der Waals surface area contributed by atoms with E-state index in [0.29, 0.717) is 12.5 Å². The number of fused-ring (bicyclic) bond motifs is 1. The lowest BCUT2D eigenvalue weighted by Crippen LogP contribution is -2.35. The van der Waals surface area contributed by atoms with Crippen LogP contribution in [0.3, 0.4) is 0 Å². The summed E-state index contributed by atoms with van der Waals surface area (Å²) in [6, 6.07) is 7.88. The number of nitrogens with one attached hydrogen (secondary N) is 1. The molecule has 5 heteroatoms. The number of hydrogen-bond acceptors (Lipinski definition) is 3. The van der Waals surface area contributed by atoms with Crippen molar-refractivity contribution in [2.24, 2.45) is 0 Å². The third kappa shape index (κ3) is 2.69. The van der Waals surface area contributed by atoms with Crippen LogP contribution in [0, 0.1) is 0 Å². The van der Waals surface area contributed by atoms with Gasteiger partial charge in [0, 0.05) is 37.0 Å². The molecular formula is C17H18ClN3O. The molecule has 4 rings (SSSR count). The average molecular weight is 316 g/mol. The molecule has 0 spiro atoms. The highest BCUT2D eigenvalue weighted by molar-refractivity contribution is 6.31. The maximum atomic E-state index is 12.3. The normalized spacial score (nSPS) is 18.2. The molecule has 1 aliphatic heterocycles. The zero-order valence-corrected chi connectivity index (χ0v) is 13.1. The van der Waals surface area contributed by atoms with Gasteiger partial charge in [-0.05, 0) is 24.5 Å². The van der Waals surface area contributed by atoms with Crippen molar-refractivity contribution in [3.63, 3.8) is 0 Å². The van der Waals surface area contributed by atoms with E-state index in [1.54, 1.807) is 0 Å². The van der Waals surface area contributed by atoms with Crippen molar-refractivity contribution in [2.45, 2.75) is 38.3 Å². The maximum Gasteiger partial charge on any atom is 0.255 e. The maximum absolute atomic E-state index is 12.3. The topological polar surface area (TPSA) is 49.0 Å². The molecule has 1 N–H and O–H groups in total. The second kappa shape index (κ2) is 5.52. The van der Waals surface area contributed by atoms with E-state index in [0.717, 1.165) is 60.0 Å². The van der Waals surface area contributed by atoms with Gasteiger partial charge in [-0.25, -0.2) is 4.98 Å². The van der Waals surface area contributed by atoms with E-state index in [-0.39, 0.29) is 5.56 Å². The summed E-state index contributed by atoms with van der Waals surface area (Å²) in [4.78, 5) is 22.3. The Hall–Kier alpha value is -1.65. The van der Waals surface area contributed by atoms with Crippen LogP contribution >= 0.6 is 11.6 Å². The number of halogens is 1. The van der Waals surface area contributed by atoms with Crippen LogP contribution in [0.25, 0.3) is 0 Å². The summed E-state index contributed by atoms with van der Waals surface area (Å²) < 4.78 is 0. The first-order valence-corrected chi connectivity index (χ1v) is 8.16. The second-order valence-electron chi connectivity index (χ2n) is 6.20. The third-order valence-electron chi connectivity index (χ3n) is 4.48. The molecule has 2 heterocycles. The van der Waals surface area contributed by atoms with Gasteiger partial charge in [0.15, 0.2) is 0 Å². The second-order valence-corrected chi connectivity index (χ2v) is 6.61. The van der Waals surface area contributed by atoms with Crippen LogP contribution in [-0.2, 0) is 19.5 Å². The summed E-state index contributed by atoms with van der Waals surface area (Å²) >= 11 is 6.23. The highest BCUT2D eigenvalue weighted by Gasteiger charge is 2.29. The van der Waals surface area contributed by atoms with Crippen LogP contribution in [0.2, 0.25) is 5.02 Å². The van der Waals surface area contributed by atoms with Crippen molar-refractivity contribution in [3.05, 3.63) is 62.3 Å². The first-order chi connectivity index (χ1) is 10.7. The molecule has 0 atom stereocenters. The third-order valence-corrected chi connectivity index (χ3v) is 4.85. The molecule has 1 aromatic carbocycles. The number of benzene rings is 1. The molecule has 0 radical (unpaired) electrons. The summed E-state index contributed by atoms with van der Waals surface area (Å²) in [5.74, 6) is 1.38. The van der Waals surface area contributed by atoms with E-state index < -0.39 is 0 Å². The monoisotopic (exact) mass is 315 g/mol. The zero-order valence-electron chi connectivity index (χ0n) is 12.3. The molecule has 0 bridgehead atoms. The van der Waals surface area contributed by atoms with Crippen LogP contribution < -0.4 is 5.56 Å². The SMILES string of the molecule is O=c1[nH]c(C2CC2)nc2c1CN(Cc1ccccc1Cl)CC2. The molecule has 2 aliphatic rings. The van der Waals surface area contributed by atoms with Gasteiger partial charge in [-0.1, -0.05) is 29.8 Å². The summed E-state index contributed by atoms with van der Waals surface area (Å²) in [6.07, 6.45) is 3.14. The predicted molar refractivity (Wildman–Crippen MR) is 86.1 cm³/mol. The molecule has 0 unspecified atom stereocenters. The molecule has 2 aromatic rings. The van der Waals surface area contributed by atoms with E-state index in [1.807, 2.05) is 24.3 Å². The minimum absolute atomic E-state index is 0.0377. The van der Waals surface area contributed by atoms with Gasteiger partial charge in [0.2, 0.25) is 0 Å². The molecule has 1 fully saturated rings. The lowest BCUT2D eigenvalue weighted by Gasteiger charge is -2.28. The predicted octanol–water partition coefficient (Wildman–Crippen LogP) is 2.86. The van der Waals surface area contributed by atoms with Gasteiger partial charge >= 0.3 is 0 Å².